The Labute approximate surface area is 146 Å². The number of amides is 1. The summed E-state index contributed by atoms with van der Waals surface area (Å²) in [4.78, 5) is 16.1. The molecule has 0 aliphatic carbocycles. The van der Waals surface area contributed by atoms with Crippen LogP contribution in [0.2, 0.25) is 10.0 Å². The Bertz CT molecular complexity index is 899. The zero-order valence-electron chi connectivity index (χ0n) is 12.1. The lowest BCUT2D eigenvalue weighted by molar-refractivity contribution is 0.0946. The van der Waals surface area contributed by atoms with E-state index in [0.29, 0.717) is 5.02 Å². The first kappa shape index (κ1) is 16.4. The zero-order valence-corrected chi connectivity index (χ0v) is 13.6. The number of nitrogens with one attached hydrogen (secondary N) is 1. The maximum Gasteiger partial charge on any atom is 0.253 e. The highest BCUT2D eigenvalue weighted by Gasteiger charge is 2.15. The molecule has 0 aliphatic rings. The molecule has 8 heteroatoms. The van der Waals surface area contributed by atoms with Crippen LogP contribution in [0.3, 0.4) is 0 Å². The fraction of sp³-hybridized carbons (Fsp3) is 0.0625. The molecular formula is C16H10Cl2FN3O2. The molecule has 3 aromatic rings. The largest absolute Gasteiger partial charge is 0.343 e. The maximum absolute atomic E-state index is 13.7. The topological polar surface area (TPSA) is 68.0 Å². The molecule has 0 bridgehead atoms. The standard InChI is InChI=1S/C16H10Cl2FN3O2/c17-9-5-6-10(12(18)7-9)16(23)20-8-14-21-15(22-24-14)11-3-1-2-4-13(11)19/h1-7H,8H2,(H,20,23). The van der Waals surface area contributed by atoms with Gasteiger partial charge < -0.3 is 9.84 Å². The predicted molar refractivity (Wildman–Crippen MR) is 87.3 cm³/mol. The maximum atomic E-state index is 13.7. The second-order valence-corrected chi connectivity index (χ2v) is 5.64. The Kier molecular flexibility index (Phi) is 4.78. The third-order valence-corrected chi connectivity index (χ3v) is 3.71. The third kappa shape index (κ3) is 3.55. The predicted octanol–water partition coefficient (Wildman–Crippen LogP) is 4.11. The first-order valence-corrected chi connectivity index (χ1v) is 7.61. The molecule has 0 fully saturated rings. The van der Waals surface area contributed by atoms with Gasteiger partial charge in [-0.05, 0) is 30.3 Å². The van der Waals surface area contributed by atoms with Gasteiger partial charge in [0.1, 0.15) is 5.82 Å². The van der Waals surface area contributed by atoms with E-state index in [-0.39, 0.29) is 34.4 Å². The molecule has 2 aromatic carbocycles. The van der Waals surface area contributed by atoms with Crippen LogP contribution < -0.4 is 5.32 Å². The van der Waals surface area contributed by atoms with E-state index in [9.17, 15) is 9.18 Å². The Hall–Kier alpha value is -2.44. The summed E-state index contributed by atoms with van der Waals surface area (Å²) < 4.78 is 18.7. The highest BCUT2D eigenvalue weighted by molar-refractivity contribution is 6.36. The monoisotopic (exact) mass is 365 g/mol. The van der Waals surface area contributed by atoms with Crippen molar-refractivity contribution < 1.29 is 13.7 Å². The summed E-state index contributed by atoms with van der Waals surface area (Å²) in [5, 5.41) is 6.97. The number of hydrogen-bond donors (Lipinski definition) is 1. The Balaban J connectivity index is 1.69. The molecule has 0 atom stereocenters. The number of carbonyl (C=O) groups is 1. The lowest BCUT2D eigenvalue weighted by atomic mass is 10.2. The lowest BCUT2D eigenvalue weighted by Gasteiger charge is -2.04. The van der Waals surface area contributed by atoms with E-state index in [0.717, 1.165) is 0 Å². The minimum atomic E-state index is -0.457. The molecule has 0 saturated heterocycles. The average molecular weight is 366 g/mol. The van der Waals surface area contributed by atoms with Crippen molar-refractivity contribution in [3.05, 3.63) is 69.8 Å². The summed E-state index contributed by atoms with van der Waals surface area (Å²) in [6.45, 7) is -0.0146. The summed E-state index contributed by atoms with van der Waals surface area (Å²) in [5.74, 6) is -0.613. The van der Waals surface area contributed by atoms with Crippen molar-refractivity contribution in [2.45, 2.75) is 6.54 Å². The van der Waals surface area contributed by atoms with Crippen LogP contribution in [0.4, 0.5) is 4.39 Å². The van der Waals surface area contributed by atoms with Crippen molar-refractivity contribution in [3.63, 3.8) is 0 Å². The molecular weight excluding hydrogens is 356 g/mol. The number of carbonyl (C=O) groups excluding carboxylic acids is 1. The van der Waals surface area contributed by atoms with Crippen LogP contribution in [0.15, 0.2) is 47.0 Å². The van der Waals surface area contributed by atoms with Crippen LogP contribution in [-0.2, 0) is 6.54 Å². The van der Waals surface area contributed by atoms with Crippen molar-refractivity contribution in [1.82, 2.24) is 15.5 Å². The lowest BCUT2D eigenvalue weighted by Crippen LogP contribution is -2.23. The van der Waals surface area contributed by atoms with Crippen molar-refractivity contribution in [1.29, 1.82) is 0 Å². The average Bonchev–Trinajstić information content (AvgIpc) is 3.02. The van der Waals surface area contributed by atoms with E-state index < -0.39 is 11.7 Å². The van der Waals surface area contributed by atoms with E-state index in [4.69, 9.17) is 27.7 Å². The van der Waals surface area contributed by atoms with E-state index >= 15 is 0 Å². The van der Waals surface area contributed by atoms with E-state index in [1.54, 1.807) is 18.2 Å². The van der Waals surface area contributed by atoms with Gasteiger partial charge in [-0.15, -0.1) is 0 Å². The molecule has 1 heterocycles. The number of benzene rings is 2. The molecule has 0 spiro atoms. The van der Waals surface area contributed by atoms with Gasteiger partial charge in [-0.2, -0.15) is 4.98 Å². The fourth-order valence-corrected chi connectivity index (χ4v) is 2.50. The summed E-state index contributed by atoms with van der Waals surface area (Å²) in [7, 11) is 0. The Morgan fingerprint density at radius 3 is 2.75 bits per heavy atom. The molecule has 1 N–H and O–H groups in total. The number of nitrogens with zero attached hydrogens (tertiary/aromatic N) is 2. The van der Waals surface area contributed by atoms with Crippen molar-refractivity contribution in [3.8, 4) is 11.4 Å². The normalized spacial score (nSPS) is 10.6. The van der Waals surface area contributed by atoms with Crippen molar-refractivity contribution in [2.75, 3.05) is 0 Å². The van der Waals surface area contributed by atoms with Crippen LogP contribution in [0, 0.1) is 5.82 Å². The first-order valence-electron chi connectivity index (χ1n) is 6.85. The van der Waals surface area contributed by atoms with Gasteiger partial charge in [0.05, 0.1) is 22.7 Å². The molecule has 1 aromatic heterocycles. The highest BCUT2D eigenvalue weighted by atomic mass is 35.5. The highest BCUT2D eigenvalue weighted by Crippen LogP contribution is 2.21. The van der Waals surface area contributed by atoms with Gasteiger partial charge in [0.25, 0.3) is 5.91 Å². The van der Waals surface area contributed by atoms with Gasteiger partial charge in [-0.1, -0.05) is 40.5 Å². The van der Waals surface area contributed by atoms with Crippen LogP contribution in [0.5, 0.6) is 0 Å². The molecule has 0 saturated carbocycles. The van der Waals surface area contributed by atoms with E-state index in [2.05, 4.69) is 15.5 Å². The van der Waals surface area contributed by atoms with Crippen LogP contribution in [0.1, 0.15) is 16.2 Å². The van der Waals surface area contributed by atoms with Gasteiger partial charge >= 0.3 is 0 Å². The number of hydrogen-bond acceptors (Lipinski definition) is 4. The Morgan fingerprint density at radius 1 is 1.21 bits per heavy atom. The third-order valence-electron chi connectivity index (χ3n) is 3.16. The zero-order chi connectivity index (χ0) is 17.1. The second kappa shape index (κ2) is 6.98. The smallest absolute Gasteiger partial charge is 0.253 e. The summed E-state index contributed by atoms with van der Waals surface area (Å²) in [5.41, 5.74) is 0.495. The van der Waals surface area contributed by atoms with Crippen molar-refractivity contribution in [2.24, 2.45) is 0 Å². The molecule has 0 unspecified atom stereocenters. The first-order chi connectivity index (χ1) is 11.5. The molecule has 24 heavy (non-hydrogen) atoms. The minimum Gasteiger partial charge on any atom is -0.343 e. The second-order valence-electron chi connectivity index (χ2n) is 4.80. The Morgan fingerprint density at radius 2 is 2.00 bits per heavy atom. The summed E-state index contributed by atoms with van der Waals surface area (Å²) in [6, 6.07) is 10.6. The van der Waals surface area contributed by atoms with Crippen LogP contribution in [-0.4, -0.2) is 16.0 Å². The van der Waals surface area contributed by atoms with Gasteiger partial charge in [-0.25, -0.2) is 4.39 Å². The van der Waals surface area contributed by atoms with E-state index in [1.165, 1.54) is 24.3 Å². The SMILES string of the molecule is O=C(NCc1nc(-c2ccccc2F)no1)c1ccc(Cl)cc1Cl. The minimum absolute atomic E-state index is 0.0146. The van der Waals surface area contributed by atoms with Crippen LogP contribution >= 0.6 is 23.2 Å². The quantitative estimate of drug-likeness (QED) is 0.755. The van der Waals surface area contributed by atoms with Gasteiger partial charge in [0.2, 0.25) is 11.7 Å². The number of rotatable bonds is 4. The molecule has 1 amide bonds. The molecule has 0 radical (unpaired) electrons. The van der Waals surface area contributed by atoms with Crippen LogP contribution in [0.25, 0.3) is 11.4 Å². The van der Waals surface area contributed by atoms with Crippen molar-refractivity contribution >= 4 is 29.1 Å². The molecule has 5 nitrogen and oxygen atoms in total. The van der Waals surface area contributed by atoms with Gasteiger partial charge in [0, 0.05) is 5.02 Å². The molecule has 3 rings (SSSR count). The van der Waals surface area contributed by atoms with Gasteiger partial charge in [0.15, 0.2) is 0 Å². The summed E-state index contributed by atoms with van der Waals surface area (Å²) in [6.07, 6.45) is 0. The summed E-state index contributed by atoms with van der Waals surface area (Å²) >= 11 is 11.8. The van der Waals surface area contributed by atoms with E-state index in [1.807, 2.05) is 0 Å². The molecule has 0 aliphatic heterocycles. The fourth-order valence-electron chi connectivity index (χ4n) is 2.00. The molecule has 122 valence electrons. The number of halogens is 3. The van der Waals surface area contributed by atoms with Gasteiger partial charge in [-0.3, -0.25) is 4.79 Å². The number of aromatic nitrogens is 2.